The molecule has 0 radical (unpaired) electrons. The van der Waals surface area contributed by atoms with Crippen molar-refractivity contribution in [2.24, 2.45) is 0 Å². The molecule has 8 heteroatoms. The molecule has 3 aromatic rings. The van der Waals surface area contributed by atoms with Gasteiger partial charge in [-0.1, -0.05) is 35.9 Å². The van der Waals surface area contributed by atoms with Crippen LogP contribution in [0.2, 0.25) is 0 Å². The monoisotopic (exact) mass is 431 g/mol. The maximum Gasteiger partial charge on any atom is 0.276 e. The van der Waals surface area contributed by atoms with Crippen molar-refractivity contribution in [3.05, 3.63) is 88.3 Å². The molecule has 0 atom stereocenters. The summed E-state index contributed by atoms with van der Waals surface area (Å²) >= 11 is 0. The second-order valence-electron chi connectivity index (χ2n) is 7.74. The van der Waals surface area contributed by atoms with Crippen molar-refractivity contribution in [1.29, 1.82) is 0 Å². The third-order valence-electron chi connectivity index (χ3n) is 5.45. The Morgan fingerprint density at radius 2 is 1.59 bits per heavy atom. The zero-order valence-corrected chi connectivity index (χ0v) is 17.9. The predicted octanol–water partition coefficient (Wildman–Crippen LogP) is 2.15. The highest BCUT2D eigenvalue weighted by atomic mass is 16.2. The van der Waals surface area contributed by atoms with Crippen molar-refractivity contribution in [2.75, 3.05) is 36.4 Å². The van der Waals surface area contributed by atoms with E-state index in [1.807, 2.05) is 49.4 Å². The summed E-state index contributed by atoms with van der Waals surface area (Å²) in [6.07, 6.45) is 0. The van der Waals surface area contributed by atoms with Crippen molar-refractivity contribution >= 4 is 23.2 Å². The molecule has 2 heterocycles. The molecule has 0 saturated carbocycles. The lowest BCUT2D eigenvalue weighted by Crippen LogP contribution is -2.50. The number of anilines is 2. The van der Waals surface area contributed by atoms with Gasteiger partial charge in [-0.25, -0.2) is 4.68 Å². The lowest BCUT2D eigenvalue weighted by Gasteiger charge is -2.36. The van der Waals surface area contributed by atoms with E-state index in [2.05, 4.69) is 15.3 Å². The first-order chi connectivity index (χ1) is 15.5. The zero-order chi connectivity index (χ0) is 22.5. The van der Waals surface area contributed by atoms with Gasteiger partial charge in [0.1, 0.15) is 12.2 Å². The molecular weight excluding hydrogens is 406 g/mol. The Balaban J connectivity index is 1.38. The minimum atomic E-state index is -0.438. The van der Waals surface area contributed by atoms with Crippen molar-refractivity contribution in [3.63, 3.8) is 0 Å². The van der Waals surface area contributed by atoms with Crippen LogP contribution in [0, 0.1) is 6.92 Å². The van der Waals surface area contributed by atoms with Crippen LogP contribution < -0.4 is 15.8 Å². The lowest BCUT2D eigenvalue weighted by atomic mass is 10.2. The highest BCUT2D eigenvalue weighted by molar-refractivity contribution is 6.02. The third-order valence-corrected chi connectivity index (χ3v) is 5.45. The maximum absolute atomic E-state index is 12.8. The van der Waals surface area contributed by atoms with Gasteiger partial charge in [-0.05, 0) is 37.3 Å². The summed E-state index contributed by atoms with van der Waals surface area (Å²) in [7, 11) is 0. The fourth-order valence-corrected chi connectivity index (χ4v) is 3.60. The molecule has 1 aromatic heterocycles. The molecule has 1 saturated heterocycles. The highest BCUT2D eigenvalue weighted by Crippen LogP contribution is 2.15. The highest BCUT2D eigenvalue weighted by Gasteiger charge is 2.22. The Kier molecular flexibility index (Phi) is 6.30. The number of amides is 2. The number of aromatic nitrogens is 2. The minimum absolute atomic E-state index is 0.0758. The zero-order valence-electron chi connectivity index (χ0n) is 17.9. The number of hydrogen-bond donors (Lipinski definition) is 1. The molecule has 1 aliphatic rings. The molecule has 2 aromatic carbocycles. The van der Waals surface area contributed by atoms with Gasteiger partial charge in [-0.15, -0.1) is 0 Å². The molecule has 32 heavy (non-hydrogen) atoms. The normalized spacial score (nSPS) is 13.7. The number of para-hydroxylation sites is 1. The van der Waals surface area contributed by atoms with Gasteiger partial charge in [0.05, 0.1) is 0 Å². The van der Waals surface area contributed by atoms with Gasteiger partial charge in [0.15, 0.2) is 0 Å². The van der Waals surface area contributed by atoms with E-state index in [-0.39, 0.29) is 18.1 Å². The van der Waals surface area contributed by atoms with E-state index >= 15 is 0 Å². The fourth-order valence-electron chi connectivity index (χ4n) is 3.60. The molecule has 4 rings (SSSR count). The van der Waals surface area contributed by atoms with E-state index in [0.717, 1.165) is 29.0 Å². The number of benzene rings is 2. The molecule has 1 aliphatic heterocycles. The number of carbonyl (C=O) groups excluding carboxylic acids is 2. The van der Waals surface area contributed by atoms with Crippen LogP contribution >= 0.6 is 0 Å². The number of nitrogens with zero attached hydrogens (tertiary/aromatic N) is 4. The number of rotatable bonds is 5. The van der Waals surface area contributed by atoms with E-state index in [4.69, 9.17) is 0 Å². The molecule has 0 aliphatic carbocycles. The SMILES string of the molecule is Cc1ccc(NC(=O)c2ccc(=O)n(CC(=O)N3CCN(c4ccccc4)CC3)n2)cc1. The van der Waals surface area contributed by atoms with Crippen LogP contribution in [0.25, 0.3) is 0 Å². The van der Waals surface area contributed by atoms with Gasteiger partial charge >= 0.3 is 0 Å². The third kappa shape index (κ3) is 5.03. The second-order valence-corrected chi connectivity index (χ2v) is 7.74. The van der Waals surface area contributed by atoms with Crippen LogP contribution in [-0.2, 0) is 11.3 Å². The molecule has 0 unspecified atom stereocenters. The van der Waals surface area contributed by atoms with E-state index < -0.39 is 11.5 Å². The van der Waals surface area contributed by atoms with Crippen molar-refractivity contribution in [1.82, 2.24) is 14.7 Å². The molecule has 164 valence electrons. The minimum Gasteiger partial charge on any atom is -0.368 e. The molecule has 2 amide bonds. The van der Waals surface area contributed by atoms with E-state index in [1.54, 1.807) is 17.0 Å². The summed E-state index contributed by atoms with van der Waals surface area (Å²) < 4.78 is 1.05. The Morgan fingerprint density at radius 3 is 2.28 bits per heavy atom. The molecular formula is C24H25N5O3. The Morgan fingerprint density at radius 1 is 0.906 bits per heavy atom. The Bertz CT molecular complexity index is 1150. The summed E-state index contributed by atoms with van der Waals surface area (Å²) in [5.74, 6) is -0.630. The van der Waals surface area contributed by atoms with Gasteiger partial charge in [-0.2, -0.15) is 5.10 Å². The molecule has 0 bridgehead atoms. The summed E-state index contributed by atoms with van der Waals surface area (Å²) in [6, 6.07) is 20.1. The first kappa shape index (κ1) is 21.3. The van der Waals surface area contributed by atoms with Crippen LogP contribution in [0.5, 0.6) is 0 Å². The van der Waals surface area contributed by atoms with Crippen molar-refractivity contribution in [2.45, 2.75) is 13.5 Å². The number of aryl methyl sites for hydroxylation is 1. The van der Waals surface area contributed by atoms with Crippen molar-refractivity contribution < 1.29 is 9.59 Å². The van der Waals surface area contributed by atoms with Crippen LogP contribution in [0.1, 0.15) is 16.1 Å². The first-order valence-electron chi connectivity index (χ1n) is 10.5. The quantitative estimate of drug-likeness (QED) is 0.669. The molecule has 1 N–H and O–H groups in total. The summed E-state index contributed by atoms with van der Waals surface area (Å²) in [5, 5.41) is 6.87. The summed E-state index contributed by atoms with van der Waals surface area (Å²) in [4.78, 5) is 41.5. The second kappa shape index (κ2) is 9.47. The van der Waals surface area contributed by atoms with Crippen LogP contribution in [-0.4, -0.2) is 52.7 Å². The van der Waals surface area contributed by atoms with E-state index in [9.17, 15) is 14.4 Å². The van der Waals surface area contributed by atoms with Crippen molar-refractivity contribution in [3.8, 4) is 0 Å². The largest absolute Gasteiger partial charge is 0.368 e. The average Bonchev–Trinajstić information content (AvgIpc) is 2.82. The van der Waals surface area contributed by atoms with E-state index in [0.29, 0.717) is 18.8 Å². The van der Waals surface area contributed by atoms with Gasteiger partial charge in [0, 0.05) is 43.6 Å². The Hall–Kier alpha value is -3.94. The lowest BCUT2D eigenvalue weighted by molar-refractivity contribution is -0.132. The standard InChI is InChI=1S/C24H25N5O3/c1-18-7-9-19(10-8-18)25-24(32)21-11-12-22(30)29(26-21)17-23(31)28-15-13-27(14-16-28)20-5-3-2-4-6-20/h2-12H,13-17H2,1H3,(H,25,32). The topological polar surface area (TPSA) is 87.5 Å². The maximum atomic E-state index is 12.8. The van der Waals surface area contributed by atoms with Gasteiger partial charge in [0.25, 0.3) is 11.5 Å². The Labute approximate surface area is 186 Å². The molecule has 8 nitrogen and oxygen atoms in total. The fraction of sp³-hybridized carbons (Fsp3) is 0.250. The van der Waals surface area contributed by atoms with Crippen LogP contribution in [0.4, 0.5) is 11.4 Å². The van der Waals surface area contributed by atoms with Gasteiger partial charge < -0.3 is 15.1 Å². The summed E-state index contributed by atoms with van der Waals surface area (Å²) in [6.45, 7) is 4.33. The number of hydrogen-bond acceptors (Lipinski definition) is 5. The van der Waals surface area contributed by atoms with Gasteiger partial charge in [-0.3, -0.25) is 14.4 Å². The first-order valence-corrected chi connectivity index (χ1v) is 10.5. The number of carbonyl (C=O) groups is 2. The number of piperazine rings is 1. The van der Waals surface area contributed by atoms with E-state index in [1.165, 1.54) is 12.1 Å². The predicted molar refractivity (Wildman–Crippen MR) is 123 cm³/mol. The molecule has 0 spiro atoms. The van der Waals surface area contributed by atoms with Crippen LogP contribution in [0.3, 0.4) is 0 Å². The average molecular weight is 431 g/mol. The van der Waals surface area contributed by atoms with Crippen LogP contribution in [0.15, 0.2) is 71.5 Å². The van der Waals surface area contributed by atoms with Gasteiger partial charge in [0.2, 0.25) is 5.91 Å². The number of nitrogens with one attached hydrogen (secondary N) is 1. The smallest absolute Gasteiger partial charge is 0.276 e. The molecule has 1 fully saturated rings. The summed E-state index contributed by atoms with van der Waals surface area (Å²) in [5.41, 5.74) is 2.50.